The largest absolute Gasteiger partial charge is 0.277 e. The van der Waals surface area contributed by atoms with Gasteiger partial charge in [-0.15, -0.1) is 0 Å². The third kappa shape index (κ3) is 2.04. The number of nitrogens with zero attached hydrogens (tertiary/aromatic N) is 2. The number of rotatable bonds is 2. The van der Waals surface area contributed by atoms with Crippen molar-refractivity contribution in [1.29, 1.82) is 0 Å². The second kappa shape index (κ2) is 4.49. The van der Waals surface area contributed by atoms with E-state index in [9.17, 15) is 10.1 Å². The van der Waals surface area contributed by atoms with Crippen molar-refractivity contribution in [1.82, 2.24) is 4.98 Å². The first-order valence-electron chi connectivity index (χ1n) is 5.84. The number of hydrogen-bond donors (Lipinski definition) is 0. The number of para-hydroxylation sites is 1. The average Bonchev–Trinajstić information content (AvgIpc) is 2.46. The molecule has 2 aromatic carbocycles. The van der Waals surface area contributed by atoms with Crippen molar-refractivity contribution in [3.8, 4) is 11.1 Å². The van der Waals surface area contributed by atoms with Gasteiger partial charge in [0.1, 0.15) is 0 Å². The molecular formula is C15H10N2O2. The Morgan fingerprint density at radius 2 is 1.84 bits per heavy atom. The van der Waals surface area contributed by atoms with E-state index in [0.717, 1.165) is 16.5 Å². The lowest BCUT2D eigenvalue weighted by Gasteiger charge is -2.04. The lowest BCUT2D eigenvalue weighted by atomic mass is 10.0. The molecule has 0 amide bonds. The van der Waals surface area contributed by atoms with Crippen molar-refractivity contribution in [2.24, 2.45) is 0 Å². The minimum absolute atomic E-state index is 0.116. The number of nitro groups is 1. The SMILES string of the molecule is O=[N+]([O-])c1ccccc1-c1ccc2ncccc2c1. The van der Waals surface area contributed by atoms with Crippen LogP contribution in [0.25, 0.3) is 22.0 Å². The molecule has 19 heavy (non-hydrogen) atoms. The van der Waals surface area contributed by atoms with Crippen LogP contribution < -0.4 is 0 Å². The van der Waals surface area contributed by atoms with E-state index in [1.165, 1.54) is 6.07 Å². The first kappa shape index (κ1) is 11.3. The van der Waals surface area contributed by atoms with E-state index in [-0.39, 0.29) is 10.6 Å². The molecule has 0 spiro atoms. The second-order valence-electron chi connectivity index (χ2n) is 4.19. The Balaban J connectivity index is 2.22. The van der Waals surface area contributed by atoms with Gasteiger partial charge in [-0.3, -0.25) is 15.1 Å². The van der Waals surface area contributed by atoms with E-state index in [0.29, 0.717) is 5.56 Å². The molecule has 0 saturated carbocycles. The zero-order chi connectivity index (χ0) is 13.2. The molecule has 0 fully saturated rings. The van der Waals surface area contributed by atoms with Crippen molar-refractivity contribution in [2.45, 2.75) is 0 Å². The summed E-state index contributed by atoms with van der Waals surface area (Å²) < 4.78 is 0. The molecular weight excluding hydrogens is 240 g/mol. The van der Waals surface area contributed by atoms with Crippen LogP contribution >= 0.6 is 0 Å². The maximum absolute atomic E-state index is 11.1. The summed E-state index contributed by atoms with van der Waals surface area (Å²) in [4.78, 5) is 14.9. The first-order valence-corrected chi connectivity index (χ1v) is 5.84. The van der Waals surface area contributed by atoms with E-state index in [2.05, 4.69) is 4.98 Å². The van der Waals surface area contributed by atoms with Gasteiger partial charge in [-0.05, 0) is 29.8 Å². The molecule has 92 valence electrons. The Bertz CT molecular complexity index is 769. The molecule has 0 aliphatic carbocycles. The summed E-state index contributed by atoms with van der Waals surface area (Å²) in [7, 11) is 0. The van der Waals surface area contributed by atoms with E-state index >= 15 is 0 Å². The highest BCUT2D eigenvalue weighted by molar-refractivity contribution is 5.86. The number of benzene rings is 2. The lowest BCUT2D eigenvalue weighted by Crippen LogP contribution is -1.91. The minimum Gasteiger partial charge on any atom is -0.258 e. The molecule has 3 rings (SSSR count). The fourth-order valence-electron chi connectivity index (χ4n) is 2.12. The summed E-state index contributed by atoms with van der Waals surface area (Å²) in [6.07, 6.45) is 1.73. The topological polar surface area (TPSA) is 56.0 Å². The highest BCUT2D eigenvalue weighted by atomic mass is 16.6. The van der Waals surface area contributed by atoms with Crippen molar-refractivity contribution in [3.63, 3.8) is 0 Å². The van der Waals surface area contributed by atoms with Gasteiger partial charge in [0.05, 0.1) is 16.0 Å². The second-order valence-corrected chi connectivity index (χ2v) is 4.19. The van der Waals surface area contributed by atoms with Gasteiger partial charge in [0.2, 0.25) is 0 Å². The number of fused-ring (bicyclic) bond motifs is 1. The Kier molecular flexibility index (Phi) is 2.68. The number of nitro benzene ring substituents is 1. The fraction of sp³-hybridized carbons (Fsp3) is 0. The van der Waals surface area contributed by atoms with Gasteiger partial charge in [-0.2, -0.15) is 0 Å². The zero-order valence-corrected chi connectivity index (χ0v) is 9.98. The van der Waals surface area contributed by atoms with Gasteiger partial charge in [0.15, 0.2) is 0 Å². The summed E-state index contributed by atoms with van der Waals surface area (Å²) in [6, 6.07) is 16.2. The molecule has 4 heteroatoms. The molecule has 3 aromatic rings. The number of hydrogen-bond acceptors (Lipinski definition) is 3. The van der Waals surface area contributed by atoms with Crippen LogP contribution in [-0.2, 0) is 0 Å². The molecule has 0 unspecified atom stereocenters. The van der Waals surface area contributed by atoms with Crippen LogP contribution in [0.15, 0.2) is 60.8 Å². The first-order chi connectivity index (χ1) is 9.25. The van der Waals surface area contributed by atoms with Crippen LogP contribution in [0.1, 0.15) is 0 Å². The van der Waals surface area contributed by atoms with Gasteiger partial charge in [0.25, 0.3) is 5.69 Å². The van der Waals surface area contributed by atoms with E-state index in [1.54, 1.807) is 24.4 Å². The van der Waals surface area contributed by atoms with Crippen LogP contribution in [0.5, 0.6) is 0 Å². The number of pyridine rings is 1. The molecule has 0 aliphatic heterocycles. The quantitative estimate of drug-likeness (QED) is 0.513. The third-order valence-electron chi connectivity index (χ3n) is 3.01. The molecule has 1 heterocycles. The molecule has 0 bridgehead atoms. The van der Waals surface area contributed by atoms with Crippen LogP contribution in [0.4, 0.5) is 5.69 Å². The van der Waals surface area contributed by atoms with Gasteiger partial charge in [-0.1, -0.05) is 24.3 Å². The maximum atomic E-state index is 11.1. The van der Waals surface area contributed by atoms with Crippen molar-refractivity contribution in [2.75, 3.05) is 0 Å². The Hall–Kier alpha value is -2.75. The monoisotopic (exact) mass is 250 g/mol. The predicted octanol–water partition coefficient (Wildman–Crippen LogP) is 3.81. The Morgan fingerprint density at radius 1 is 1.00 bits per heavy atom. The predicted molar refractivity (Wildman–Crippen MR) is 73.8 cm³/mol. The molecule has 0 aliphatic rings. The Labute approximate surface area is 109 Å². The van der Waals surface area contributed by atoms with Crippen LogP contribution in [0.3, 0.4) is 0 Å². The van der Waals surface area contributed by atoms with Gasteiger partial charge >= 0.3 is 0 Å². The minimum atomic E-state index is -0.358. The highest BCUT2D eigenvalue weighted by Gasteiger charge is 2.14. The number of aromatic nitrogens is 1. The molecule has 1 aromatic heterocycles. The molecule has 0 N–H and O–H groups in total. The fourth-order valence-corrected chi connectivity index (χ4v) is 2.12. The van der Waals surface area contributed by atoms with Crippen molar-refractivity contribution < 1.29 is 4.92 Å². The van der Waals surface area contributed by atoms with Gasteiger partial charge in [0, 0.05) is 17.6 Å². The molecule has 0 radical (unpaired) electrons. The zero-order valence-electron chi connectivity index (χ0n) is 9.98. The van der Waals surface area contributed by atoms with Crippen molar-refractivity contribution >= 4 is 16.6 Å². The average molecular weight is 250 g/mol. The maximum Gasteiger partial charge on any atom is 0.277 e. The third-order valence-corrected chi connectivity index (χ3v) is 3.01. The van der Waals surface area contributed by atoms with E-state index < -0.39 is 0 Å². The summed E-state index contributed by atoms with van der Waals surface area (Å²) in [5.74, 6) is 0. The van der Waals surface area contributed by atoms with Crippen LogP contribution in [-0.4, -0.2) is 9.91 Å². The van der Waals surface area contributed by atoms with Crippen LogP contribution in [0, 0.1) is 10.1 Å². The summed E-state index contributed by atoms with van der Waals surface area (Å²) in [5, 5.41) is 12.0. The van der Waals surface area contributed by atoms with Crippen LogP contribution in [0.2, 0.25) is 0 Å². The van der Waals surface area contributed by atoms with Gasteiger partial charge < -0.3 is 0 Å². The lowest BCUT2D eigenvalue weighted by molar-refractivity contribution is -0.384. The molecule has 0 atom stereocenters. The summed E-state index contributed by atoms with van der Waals surface area (Å²) in [6.45, 7) is 0. The smallest absolute Gasteiger partial charge is 0.258 e. The van der Waals surface area contributed by atoms with Crippen molar-refractivity contribution in [3.05, 3.63) is 70.9 Å². The standard InChI is InChI=1S/C15H10N2O2/c18-17(19)15-6-2-1-5-13(15)11-7-8-14-12(10-11)4-3-9-16-14/h1-10H. The molecule has 4 nitrogen and oxygen atoms in total. The normalized spacial score (nSPS) is 10.5. The van der Waals surface area contributed by atoms with Gasteiger partial charge in [-0.25, -0.2) is 0 Å². The highest BCUT2D eigenvalue weighted by Crippen LogP contribution is 2.30. The summed E-state index contributed by atoms with van der Waals surface area (Å²) in [5.41, 5.74) is 2.45. The molecule has 0 saturated heterocycles. The van der Waals surface area contributed by atoms with E-state index in [1.807, 2.05) is 30.3 Å². The summed E-state index contributed by atoms with van der Waals surface area (Å²) >= 11 is 0. The van der Waals surface area contributed by atoms with E-state index in [4.69, 9.17) is 0 Å². The Morgan fingerprint density at radius 3 is 2.68 bits per heavy atom.